The third-order valence-electron chi connectivity index (χ3n) is 6.62. The number of rotatable bonds is 4. The summed E-state index contributed by atoms with van der Waals surface area (Å²) in [5.41, 5.74) is 5.49. The van der Waals surface area contributed by atoms with Crippen molar-refractivity contribution in [2.45, 2.75) is 11.1 Å². The molecule has 1 amide bonds. The number of halogens is 1. The van der Waals surface area contributed by atoms with Crippen molar-refractivity contribution in [1.29, 1.82) is 0 Å². The van der Waals surface area contributed by atoms with Crippen LogP contribution in [0.5, 0.6) is 0 Å². The fourth-order valence-electron chi connectivity index (χ4n) is 4.77. The quantitative estimate of drug-likeness (QED) is 0.270. The lowest BCUT2D eigenvalue weighted by Crippen LogP contribution is -2.26. The zero-order valence-corrected chi connectivity index (χ0v) is 21.1. The highest BCUT2D eigenvalue weighted by atomic mass is 32.2. The topological polar surface area (TPSA) is 60.1 Å². The molecule has 1 aliphatic rings. The van der Waals surface area contributed by atoms with Crippen LogP contribution in [0.3, 0.4) is 0 Å². The van der Waals surface area contributed by atoms with Gasteiger partial charge in [-0.3, -0.25) is 14.3 Å². The molecule has 6 rings (SSSR count). The van der Waals surface area contributed by atoms with E-state index in [-0.39, 0.29) is 23.0 Å². The predicted octanol–water partition coefficient (Wildman–Crippen LogP) is 6.20. The van der Waals surface area contributed by atoms with Gasteiger partial charge in [-0.25, -0.2) is 9.18 Å². The average molecular weight is 511 g/mol. The monoisotopic (exact) mass is 510 g/mol. The van der Waals surface area contributed by atoms with Gasteiger partial charge in [-0.1, -0.05) is 30.3 Å². The minimum absolute atomic E-state index is 0.0696. The number of thioether (sulfide) groups is 1. The number of hydrogen-bond donors (Lipinski definition) is 0. The Morgan fingerprint density at radius 2 is 1.81 bits per heavy atom. The lowest BCUT2D eigenvalue weighted by Gasteiger charge is -2.12. The molecular weight excluding hydrogens is 487 g/mol. The second-order valence-corrected chi connectivity index (χ2v) is 10.3. The van der Waals surface area contributed by atoms with Gasteiger partial charge in [0.2, 0.25) is 0 Å². The van der Waals surface area contributed by atoms with Crippen molar-refractivity contribution in [2.24, 2.45) is 0 Å². The molecule has 4 heterocycles. The van der Waals surface area contributed by atoms with E-state index in [2.05, 4.69) is 9.55 Å². The molecule has 0 radical (unpaired) electrons. The fraction of sp³-hybridized carbons (Fsp3) is 0.138. The van der Waals surface area contributed by atoms with Crippen LogP contribution in [0.4, 0.5) is 9.18 Å². The number of pyridine rings is 1. The fourth-order valence-corrected chi connectivity index (χ4v) is 6.01. The van der Waals surface area contributed by atoms with Crippen molar-refractivity contribution in [3.63, 3.8) is 0 Å². The Bertz CT molecular complexity index is 1660. The van der Waals surface area contributed by atoms with Crippen LogP contribution in [0.2, 0.25) is 0 Å². The zero-order valence-electron chi connectivity index (χ0n) is 20.3. The molecule has 184 valence electrons. The molecule has 0 fully saturated rings. The molecule has 0 spiro atoms. The summed E-state index contributed by atoms with van der Waals surface area (Å²) in [7, 11) is 3.35. The van der Waals surface area contributed by atoms with E-state index in [1.165, 1.54) is 21.6 Å². The number of amides is 1. The van der Waals surface area contributed by atoms with Crippen LogP contribution in [0, 0.1) is 5.82 Å². The summed E-state index contributed by atoms with van der Waals surface area (Å²) >= 11 is 1.80. The maximum absolute atomic E-state index is 13.8. The molecule has 0 aliphatic carbocycles. The first kappa shape index (κ1) is 23.2. The lowest BCUT2D eigenvalue weighted by molar-refractivity contribution is 0.104. The van der Waals surface area contributed by atoms with Gasteiger partial charge in [-0.05, 0) is 41.5 Å². The summed E-state index contributed by atoms with van der Waals surface area (Å²) in [5.74, 6) is 0.351. The van der Waals surface area contributed by atoms with E-state index < -0.39 is 0 Å². The number of carbonyl (C=O) groups excluding carboxylic acids is 2. The Labute approximate surface area is 217 Å². The predicted molar refractivity (Wildman–Crippen MR) is 143 cm³/mol. The molecule has 0 N–H and O–H groups in total. The van der Waals surface area contributed by atoms with Gasteiger partial charge < -0.3 is 9.47 Å². The third kappa shape index (κ3) is 4.03. The molecule has 1 aliphatic heterocycles. The van der Waals surface area contributed by atoms with Gasteiger partial charge in [0, 0.05) is 72.4 Å². The Morgan fingerprint density at radius 1 is 1.03 bits per heavy atom. The smallest absolute Gasteiger partial charge is 0.328 e. The first-order chi connectivity index (χ1) is 17.9. The Kier molecular flexibility index (Phi) is 5.68. The van der Waals surface area contributed by atoms with Crippen LogP contribution in [-0.4, -0.2) is 44.9 Å². The average Bonchev–Trinajstić information content (AvgIpc) is 3.61. The molecule has 0 saturated heterocycles. The molecule has 37 heavy (non-hydrogen) atoms. The number of aromatic nitrogens is 3. The van der Waals surface area contributed by atoms with Crippen molar-refractivity contribution in [2.75, 3.05) is 14.1 Å². The summed E-state index contributed by atoms with van der Waals surface area (Å²) < 4.78 is 17.1. The van der Waals surface area contributed by atoms with Crippen LogP contribution in [-0.2, 0) is 5.75 Å². The summed E-state index contributed by atoms with van der Waals surface area (Å²) in [6.07, 6.45) is 7.13. The van der Waals surface area contributed by atoms with Crippen LogP contribution in [0.1, 0.15) is 32.6 Å². The second-order valence-electron chi connectivity index (χ2n) is 9.23. The number of carbonyl (C=O) groups is 2. The Morgan fingerprint density at radius 3 is 2.54 bits per heavy atom. The van der Waals surface area contributed by atoms with Crippen LogP contribution in [0.25, 0.3) is 22.0 Å². The van der Waals surface area contributed by atoms with E-state index in [0.717, 1.165) is 28.1 Å². The molecule has 1 atom stereocenters. The van der Waals surface area contributed by atoms with Crippen molar-refractivity contribution >= 4 is 34.5 Å². The Balaban J connectivity index is 1.43. The van der Waals surface area contributed by atoms with Crippen LogP contribution >= 0.6 is 11.8 Å². The first-order valence-corrected chi connectivity index (χ1v) is 12.9. The van der Waals surface area contributed by atoms with E-state index in [1.54, 1.807) is 50.4 Å². The summed E-state index contributed by atoms with van der Waals surface area (Å²) in [6, 6.07) is 17.5. The summed E-state index contributed by atoms with van der Waals surface area (Å²) in [4.78, 5) is 32.6. The molecule has 6 nitrogen and oxygen atoms in total. The molecular formula is C29H23FN4O2S. The number of hydrogen-bond acceptors (Lipinski definition) is 4. The largest absolute Gasteiger partial charge is 0.333 e. The van der Waals surface area contributed by atoms with Crippen molar-refractivity contribution in [1.82, 2.24) is 19.0 Å². The summed E-state index contributed by atoms with van der Waals surface area (Å²) in [5, 5.41) is 0.760. The second kappa shape index (κ2) is 9.05. The highest BCUT2D eigenvalue weighted by molar-refractivity contribution is 7.99. The standard InChI is InChI=1S/C29H23FN4O2S/c1-32(2)29(36)34-16-25(24-10-7-19(13-26(24)34)18-5-8-22(30)9-6-18)27(35)21-12-23-17-37-28(33(23)15-21)20-4-3-11-31-14-20/h3-16,28H,17H2,1-2H3/t28-/m1/s1. The molecule has 0 unspecified atom stereocenters. The highest BCUT2D eigenvalue weighted by Crippen LogP contribution is 2.41. The van der Waals surface area contributed by atoms with E-state index in [4.69, 9.17) is 0 Å². The minimum atomic E-state index is -0.312. The van der Waals surface area contributed by atoms with Crippen LogP contribution < -0.4 is 0 Å². The maximum Gasteiger partial charge on any atom is 0.328 e. The SMILES string of the molecule is CN(C)C(=O)n1cc(C(=O)c2cc3n(c2)[C@@H](c2cccnc2)SC3)c2ccc(-c3ccc(F)cc3)cc21. The van der Waals surface area contributed by atoms with Gasteiger partial charge in [-0.15, -0.1) is 11.8 Å². The van der Waals surface area contributed by atoms with Crippen molar-refractivity contribution in [3.05, 3.63) is 114 Å². The highest BCUT2D eigenvalue weighted by Gasteiger charge is 2.28. The number of benzene rings is 2. The molecule has 8 heteroatoms. The third-order valence-corrected chi connectivity index (χ3v) is 7.90. The van der Waals surface area contributed by atoms with Gasteiger partial charge in [0.05, 0.1) is 5.52 Å². The lowest BCUT2D eigenvalue weighted by atomic mass is 10.0. The van der Waals surface area contributed by atoms with E-state index in [9.17, 15) is 14.0 Å². The number of fused-ring (bicyclic) bond motifs is 2. The minimum Gasteiger partial charge on any atom is -0.333 e. The molecule has 0 bridgehead atoms. The van der Waals surface area contributed by atoms with Gasteiger partial charge in [0.1, 0.15) is 11.2 Å². The van der Waals surface area contributed by atoms with Gasteiger partial charge in [0.15, 0.2) is 5.78 Å². The first-order valence-electron chi connectivity index (χ1n) is 11.8. The molecule has 5 aromatic rings. The molecule has 0 saturated carbocycles. The van der Waals surface area contributed by atoms with Gasteiger partial charge >= 0.3 is 6.03 Å². The number of ketones is 1. The zero-order chi connectivity index (χ0) is 25.7. The number of nitrogens with zero attached hydrogens (tertiary/aromatic N) is 4. The molecule has 3 aromatic heterocycles. The molecule has 2 aromatic carbocycles. The van der Waals surface area contributed by atoms with Crippen LogP contribution in [0.15, 0.2) is 85.5 Å². The van der Waals surface area contributed by atoms with Crippen molar-refractivity contribution < 1.29 is 14.0 Å². The summed E-state index contributed by atoms with van der Waals surface area (Å²) in [6.45, 7) is 0. The van der Waals surface area contributed by atoms with Gasteiger partial charge in [-0.2, -0.15) is 0 Å². The van der Waals surface area contributed by atoms with E-state index >= 15 is 0 Å². The van der Waals surface area contributed by atoms with Crippen molar-refractivity contribution in [3.8, 4) is 11.1 Å². The normalized spacial score (nSPS) is 14.6. The maximum atomic E-state index is 13.8. The van der Waals surface area contributed by atoms with E-state index in [1.807, 2.05) is 48.8 Å². The van der Waals surface area contributed by atoms with Gasteiger partial charge in [0.25, 0.3) is 0 Å². The Hall–Kier alpha value is -4.17. The van der Waals surface area contributed by atoms with E-state index in [0.29, 0.717) is 22.0 Å².